The number of anilines is 1. The summed E-state index contributed by atoms with van der Waals surface area (Å²) in [6.45, 7) is 6.92. The standard InChI is InChI=1S/C17H22ClN3/c1-12-4-3-9-21(11-12)13(2)20-16-7-8-19-17-10-14(18)5-6-15(16)17/h5-8,10,12-13H,3-4,9,11H2,1-2H3,(H,19,20). The highest BCUT2D eigenvalue weighted by molar-refractivity contribution is 6.31. The molecule has 0 amide bonds. The molecule has 0 spiro atoms. The van der Waals surface area contributed by atoms with Gasteiger partial charge in [-0.25, -0.2) is 0 Å². The van der Waals surface area contributed by atoms with E-state index in [1.165, 1.54) is 25.9 Å². The highest BCUT2D eigenvalue weighted by Gasteiger charge is 2.21. The van der Waals surface area contributed by atoms with Crippen LogP contribution in [0.15, 0.2) is 30.5 Å². The predicted molar refractivity (Wildman–Crippen MR) is 89.8 cm³/mol. The molecule has 2 unspecified atom stereocenters. The largest absolute Gasteiger partial charge is 0.369 e. The number of nitrogens with zero attached hydrogens (tertiary/aromatic N) is 2. The van der Waals surface area contributed by atoms with Crippen molar-refractivity contribution in [2.75, 3.05) is 18.4 Å². The van der Waals surface area contributed by atoms with Crippen molar-refractivity contribution in [3.63, 3.8) is 0 Å². The van der Waals surface area contributed by atoms with Crippen molar-refractivity contribution in [3.8, 4) is 0 Å². The highest BCUT2D eigenvalue weighted by Crippen LogP contribution is 2.26. The van der Waals surface area contributed by atoms with E-state index in [1.807, 2.05) is 30.5 Å². The molecule has 2 heterocycles. The lowest BCUT2D eigenvalue weighted by atomic mass is 10.00. The van der Waals surface area contributed by atoms with Gasteiger partial charge < -0.3 is 5.32 Å². The number of hydrogen-bond acceptors (Lipinski definition) is 3. The molecule has 1 aliphatic heterocycles. The molecule has 3 nitrogen and oxygen atoms in total. The van der Waals surface area contributed by atoms with Crippen LogP contribution in [-0.2, 0) is 0 Å². The van der Waals surface area contributed by atoms with Gasteiger partial charge >= 0.3 is 0 Å². The minimum absolute atomic E-state index is 0.328. The first-order valence-corrected chi connectivity index (χ1v) is 8.06. The van der Waals surface area contributed by atoms with E-state index in [4.69, 9.17) is 11.6 Å². The second-order valence-corrected chi connectivity index (χ2v) is 6.52. The summed E-state index contributed by atoms with van der Waals surface area (Å²) in [7, 11) is 0. The molecule has 2 aromatic rings. The van der Waals surface area contributed by atoms with Crippen LogP contribution in [0.2, 0.25) is 5.02 Å². The topological polar surface area (TPSA) is 28.2 Å². The van der Waals surface area contributed by atoms with Gasteiger partial charge in [-0.2, -0.15) is 0 Å². The van der Waals surface area contributed by atoms with E-state index in [0.29, 0.717) is 6.17 Å². The molecule has 1 aliphatic rings. The number of benzene rings is 1. The summed E-state index contributed by atoms with van der Waals surface area (Å²) in [6, 6.07) is 7.92. The van der Waals surface area contributed by atoms with Gasteiger partial charge in [0.2, 0.25) is 0 Å². The summed E-state index contributed by atoms with van der Waals surface area (Å²) in [5.41, 5.74) is 2.06. The number of hydrogen-bond donors (Lipinski definition) is 1. The van der Waals surface area contributed by atoms with Crippen molar-refractivity contribution in [3.05, 3.63) is 35.5 Å². The molecule has 21 heavy (non-hydrogen) atoms. The number of pyridine rings is 1. The lowest BCUT2D eigenvalue weighted by Crippen LogP contribution is -2.44. The average molecular weight is 304 g/mol. The van der Waals surface area contributed by atoms with E-state index >= 15 is 0 Å². The molecule has 1 aromatic carbocycles. The Hall–Kier alpha value is -1.32. The number of likely N-dealkylation sites (tertiary alicyclic amines) is 1. The van der Waals surface area contributed by atoms with Crippen LogP contribution in [0.5, 0.6) is 0 Å². The number of halogens is 1. The second-order valence-electron chi connectivity index (χ2n) is 6.08. The number of piperidine rings is 1. The molecule has 2 atom stereocenters. The van der Waals surface area contributed by atoms with E-state index < -0.39 is 0 Å². The lowest BCUT2D eigenvalue weighted by Gasteiger charge is -2.36. The van der Waals surface area contributed by atoms with Gasteiger partial charge in [0, 0.05) is 35.4 Å². The molecule has 0 aliphatic carbocycles. The normalized spacial score (nSPS) is 21.4. The predicted octanol–water partition coefficient (Wildman–Crippen LogP) is 4.38. The summed E-state index contributed by atoms with van der Waals surface area (Å²) in [6.07, 6.45) is 4.81. The first kappa shape index (κ1) is 14.6. The van der Waals surface area contributed by atoms with E-state index in [2.05, 4.69) is 29.0 Å². The quantitative estimate of drug-likeness (QED) is 0.912. The van der Waals surface area contributed by atoms with Gasteiger partial charge in [-0.05, 0) is 49.9 Å². The Kier molecular flexibility index (Phi) is 4.32. The average Bonchev–Trinajstić information content (AvgIpc) is 2.47. The summed E-state index contributed by atoms with van der Waals surface area (Å²) in [4.78, 5) is 6.92. The van der Waals surface area contributed by atoms with E-state index in [9.17, 15) is 0 Å². The van der Waals surface area contributed by atoms with Crippen LogP contribution in [0.25, 0.3) is 10.9 Å². The molecule has 1 fully saturated rings. The van der Waals surface area contributed by atoms with Crippen LogP contribution < -0.4 is 5.32 Å². The Morgan fingerprint density at radius 1 is 1.38 bits per heavy atom. The Labute approximate surface area is 131 Å². The first-order chi connectivity index (χ1) is 10.1. The highest BCUT2D eigenvalue weighted by atomic mass is 35.5. The zero-order valence-electron chi connectivity index (χ0n) is 12.6. The number of nitrogens with one attached hydrogen (secondary N) is 1. The summed E-state index contributed by atoms with van der Waals surface area (Å²) < 4.78 is 0. The van der Waals surface area contributed by atoms with Crippen LogP contribution >= 0.6 is 11.6 Å². The molecule has 0 saturated carbocycles. The summed E-state index contributed by atoms with van der Waals surface area (Å²) in [5, 5.41) is 5.49. The van der Waals surface area contributed by atoms with Crippen LogP contribution in [0, 0.1) is 5.92 Å². The Morgan fingerprint density at radius 2 is 2.24 bits per heavy atom. The summed E-state index contributed by atoms with van der Waals surface area (Å²) in [5.74, 6) is 0.788. The third-order valence-corrected chi connectivity index (χ3v) is 4.54. The molecular formula is C17H22ClN3. The van der Waals surface area contributed by atoms with Crippen LogP contribution in [0.4, 0.5) is 5.69 Å². The zero-order chi connectivity index (χ0) is 14.8. The van der Waals surface area contributed by atoms with Gasteiger partial charge in [0.25, 0.3) is 0 Å². The fraction of sp³-hybridized carbons (Fsp3) is 0.471. The first-order valence-electron chi connectivity index (χ1n) is 7.68. The van der Waals surface area contributed by atoms with Crippen molar-refractivity contribution >= 4 is 28.2 Å². The van der Waals surface area contributed by atoms with Crippen molar-refractivity contribution in [2.24, 2.45) is 5.92 Å². The van der Waals surface area contributed by atoms with E-state index in [-0.39, 0.29) is 0 Å². The maximum atomic E-state index is 6.05. The number of fused-ring (bicyclic) bond motifs is 1. The molecule has 0 radical (unpaired) electrons. The molecule has 112 valence electrons. The monoisotopic (exact) mass is 303 g/mol. The van der Waals surface area contributed by atoms with E-state index in [1.54, 1.807) is 0 Å². The van der Waals surface area contributed by atoms with Crippen molar-refractivity contribution in [1.82, 2.24) is 9.88 Å². The van der Waals surface area contributed by atoms with Crippen LogP contribution in [0.3, 0.4) is 0 Å². The molecule has 0 bridgehead atoms. The third kappa shape index (κ3) is 3.30. The summed E-state index contributed by atoms with van der Waals surface area (Å²) >= 11 is 6.05. The smallest absolute Gasteiger partial charge is 0.0764 e. The Bertz CT molecular complexity index is 628. The van der Waals surface area contributed by atoms with Gasteiger partial charge in [-0.3, -0.25) is 9.88 Å². The number of rotatable bonds is 3. The Morgan fingerprint density at radius 3 is 3.05 bits per heavy atom. The third-order valence-electron chi connectivity index (χ3n) is 4.31. The molecule has 4 heteroatoms. The molecule has 3 rings (SSSR count). The molecule has 1 aromatic heterocycles. The minimum Gasteiger partial charge on any atom is -0.369 e. The van der Waals surface area contributed by atoms with Gasteiger partial charge in [-0.1, -0.05) is 18.5 Å². The molecular weight excluding hydrogens is 282 g/mol. The SMILES string of the molecule is CC1CCCN(C(C)Nc2ccnc3cc(Cl)ccc23)C1. The fourth-order valence-corrected chi connectivity index (χ4v) is 3.31. The Balaban J connectivity index is 1.81. The molecule has 1 saturated heterocycles. The van der Waals surface area contributed by atoms with E-state index in [0.717, 1.165) is 27.5 Å². The van der Waals surface area contributed by atoms with Gasteiger partial charge in [-0.15, -0.1) is 0 Å². The van der Waals surface area contributed by atoms with Crippen molar-refractivity contribution < 1.29 is 0 Å². The van der Waals surface area contributed by atoms with Gasteiger partial charge in [0.05, 0.1) is 11.7 Å². The van der Waals surface area contributed by atoms with Crippen molar-refractivity contribution in [1.29, 1.82) is 0 Å². The van der Waals surface area contributed by atoms with Gasteiger partial charge in [0.1, 0.15) is 0 Å². The maximum Gasteiger partial charge on any atom is 0.0764 e. The second kappa shape index (κ2) is 6.20. The van der Waals surface area contributed by atoms with Crippen LogP contribution in [0.1, 0.15) is 26.7 Å². The number of aromatic nitrogens is 1. The van der Waals surface area contributed by atoms with Gasteiger partial charge in [0.15, 0.2) is 0 Å². The zero-order valence-corrected chi connectivity index (χ0v) is 13.4. The maximum absolute atomic E-state index is 6.05. The van der Waals surface area contributed by atoms with Crippen LogP contribution in [-0.4, -0.2) is 29.1 Å². The van der Waals surface area contributed by atoms with Crippen molar-refractivity contribution in [2.45, 2.75) is 32.9 Å². The fourth-order valence-electron chi connectivity index (χ4n) is 3.14. The lowest BCUT2D eigenvalue weighted by molar-refractivity contribution is 0.152. The minimum atomic E-state index is 0.328. The molecule has 1 N–H and O–H groups in total.